The van der Waals surface area contributed by atoms with Crippen LogP contribution in [0.3, 0.4) is 0 Å². The molecule has 2 atom stereocenters. The second-order valence-electron chi connectivity index (χ2n) is 5.75. The SMILES string of the molecule is C=CCC(C)C(=O)N[C@H](C(=O)OCc1ccccc1)C(C)C. The first-order chi connectivity index (χ1) is 10.5. The molecule has 22 heavy (non-hydrogen) atoms. The quantitative estimate of drug-likeness (QED) is 0.593. The molecule has 0 saturated heterocycles. The highest BCUT2D eigenvalue weighted by Gasteiger charge is 2.27. The van der Waals surface area contributed by atoms with Gasteiger partial charge in [0.2, 0.25) is 5.91 Å². The first-order valence-corrected chi connectivity index (χ1v) is 7.57. The molecule has 1 rings (SSSR count). The van der Waals surface area contributed by atoms with Gasteiger partial charge in [-0.05, 0) is 17.9 Å². The Bertz CT molecular complexity index is 496. The van der Waals surface area contributed by atoms with E-state index in [2.05, 4.69) is 11.9 Å². The van der Waals surface area contributed by atoms with E-state index in [0.717, 1.165) is 5.56 Å². The van der Waals surface area contributed by atoms with E-state index in [1.54, 1.807) is 6.08 Å². The zero-order valence-electron chi connectivity index (χ0n) is 13.5. The fraction of sp³-hybridized carbons (Fsp3) is 0.444. The standard InChI is InChI=1S/C18H25NO3/c1-5-9-14(4)17(20)19-16(13(2)3)18(21)22-12-15-10-7-6-8-11-15/h5-8,10-11,13-14,16H,1,9,12H2,2-4H3,(H,19,20)/t14?,16-/m0/s1. The molecule has 0 aliphatic heterocycles. The largest absolute Gasteiger partial charge is 0.459 e. The highest BCUT2D eigenvalue weighted by molar-refractivity contribution is 5.85. The van der Waals surface area contributed by atoms with Crippen LogP contribution in [0.15, 0.2) is 43.0 Å². The molecule has 0 radical (unpaired) electrons. The molecule has 120 valence electrons. The number of esters is 1. The third-order valence-corrected chi connectivity index (χ3v) is 3.41. The topological polar surface area (TPSA) is 55.4 Å². The average molecular weight is 303 g/mol. The van der Waals surface area contributed by atoms with Gasteiger partial charge in [-0.1, -0.05) is 57.2 Å². The van der Waals surface area contributed by atoms with E-state index in [1.165, 1.54) is 0 Å². The van der Waals surface area contributed by atoms with E-state index in [-0.39, 0.29) is 24.3 Å². The first-order valence-electron chi connectivity index (χ1n) is 7.57. The molecule has 1 aromatic carbocycles. The monoisotopic (exact) mass is 303 g/mol. The minimum absolute atomic E-state index is 0.0387. The summed E-state index contributed by atoms with van der Waals surface area (Å²) in [6.45, 7) is 9.41. The second-order valence-corrected chi connectivity index (χ2v) is 5.75. The predicted molar refractivity (Wildman–Crippen MR) is 87.0 cm³/mol. The third-order valence-electron chi connectivity index (χ3n) is 3.41. The number of carbonyl (C=O) groups excluding carboxylic acids is 2. The molecule has 0 spiro atoms. The minimum Gasteiger partial charge on any atom is -0.459 e. The summed E-state index contributed by atoms with van der Waals surface area (Å²) in [4.78, 5) is 24.3. The number of nitrogens with one attached hydrogen (secondary N) is 1. The van der Waals surface area contributed by atoms with Gasteiger partial charge in [-0.25, -0.2) is 4.79 Å². The smallest absolute Gasteiger partial charge is 0.329 e. The van der Waals surface area contributed by atoms with Crippen LogP contribution in [0.4, 0.5) is 0 Å². The van der Waals surface area contributed by atoms with E-state index in [0.29, 0.717) is 6.42 Å². The lowest BCUT2D eigenvalue weighted by Crippen LogP contribution is -2.47. The lowest BCUT2D eigenvalue weighted by atomic mass is 10.0. The number of carbonyl (C=O) groups is 2. The van der Waals surface area contributed by atoms with Crippen molar-refractivity contribution < 1.29 is 14.3 Å². The summed E-state index contributed by atoms with van der Waals surface area (Å²) in [5.41, 5.74) is 0.921. The van der Waals surface area contributed by atoms with E-state index in [4.69, 9.17) is 4.74 Å². The van der Waals surface area contributed by atoms with Crippen molar-refractivity contribution in [2.75, 3.05) is 0 Å². The van der Waals surface area contributed by atoms with Gasteiger partial charge in [0, 0.05) is 5.92 Å². The van der Waals surface area contributed by atoms with Gasteiger partial charge in [0.25, 0.3) is 0 Å². The van der Waals surface area contributed by atoms with Crippen LogP contribution in [0.1, 0.15) is 32.8 Å². The van der Waals surface area contributed by atoms with Crippen molar-refractivity contribution in [1.29, 1.82) is 0 Å². The van der Waals surface area contributed by atoms with Gasteiger partial charge >= 0.3 is 5.97 Å². The van der Waals surface area contributed by atoms with Gasteiger partial charge in [-0.2, -0.15) is 0 Å². The molecule has 0 aromatic heterocycles. The van der Waals surface area contributed by atoms with Crippen LogP contribution in [0.2, 0.25) is 0 Å². The lowest BCUT2D eigenvalue weighted by Gasteiger charge is -2.22. The number of rotatable bonds is 8. The fourth-order valence-corrected chi connectivity index (χ4v) is 1.97. The van der Waals surface area contributed by atoms with Crippen LogP contribution in [0.25, 0.3) is 0 Å². The predicted octanol–water partition coefficient (Wildman–Crippen LogP) is 3.08. The van der Waals surface area contributed by atoms with Crippen LogP contribution in [-0.2, 0) is 20.9 Å². The van der Waals surface area contributed by atoms with Gasteiger partial charge in [0.15, 0.2) is 0 Å². The molecule has 0 saturated carbocycles. The molecule has 0 bridgehead atoms. The van der Waals surface area contributed by atoms with E-state index < -0.39 is 12.0 Å². The molecule has 4 nitrogen and oxygen atoms in total. The van der Waals surface area contributed by atoms with E-state index >= 15 is 0 Å². The summed E-state index contributed by atoms with van der Waals surface area (Å²) < 4.78 is 5.32. The maximum Gasteiger partial charge on any atom is 0.329 e. The number of hydrogen-bond donors (Lipinski definition) is 1. The molecular formula is C18H25NO3. The van der Waals surface area contributed by atoms with Crippen molar-refractivity contribution in [1.82, 2.24) is 5.32 Å². The van der Waals surface area contributed by atoms with Crippen molar-refractivity contribution in [2.45, 2.75) is 39.8 Å². The zero-order valence-corrected chi connectivity index (χ0v) is 13.5. The molecule has 1 unspecified atom stereocenters. The van der Waals surface area contributed by atoms with Crippen LogP contribution in [-0.4, -0.2) is 17.9 Å². The molecule has 0 aliphatic carbocycles. The molecule has 0 fully saturated rings. The van der Waals surface area contributed by atoms with Crippen LogP contribution in [0.5, 0.6) is 0 Å². The molecule has 1 N–H and O–H groups in total. The van der Waals surface area contributed by atoms with Crippen LogP contribution >= 0.6 is 0 Å². The Morgan fingerprint density at radius 1 is 1.23 bits per heavy atom. The minimum atomic E-state index is -0.636. The Balaban J connectivity index is 2.60. The van der Waals surface area contributed by atoms with Gasteiger partial charge in [-0.3, -0.25) is 4.79 Å². The van der Waals surface area contributed by atoms with Crippen molar-refractivity contribution in [3.63, 3.8) is 0 Å². The van der Waals surface area contributed by atoms with Gasteiger partial charge < -0.3 is 10.1 Å². The van der Waals surface area contributed by atoms with E-state index in [9.17, 15) is 9.59 Å². The molecule has 0 aliphatic rings. The molecule has 1 amide bonds. The highest BCUT2D eigenvalue weighted by atomic mass is 16.5. The summed E-state index contributed by atoms with van der Waals surface area (Å²) >= 11 is 0. The Hall–Kier alpha value is -2.10. The Morgan fingerprint density at radius 3 is 2.41 bits per heavy atom. The zero-order chi connectivity index (χ0) is 16.5. The van der Waals surface area contributed by atoms with Crippen molar-refractivity contribution in [2.24, 2.45) is 11.8 Å². The summed E-state index contributed by atoms with van der Waals surface area (Å²) in [7, 11) is 0. The summed E-state index contributed by atoms with van der Waals surface area (Å²) in [5, 5.41) is 2.78. The second kappa shape index (κ2) is 9.03. The summed E-state index contributed by atoms with van der Waals surface area (Å²) in [6.07, 6.45) is 2.28. The maximum atomic E-state index is 12.2. The Labute approximate surface area is 132 Å². The third kappa shape index (κ3) is 5.72. The number of allylic oxidation sites excluding steroid dienone is 1. The van der Waals surface area contributed by atoms with Crippen LogP contribution in [0, 0.1) is 11.8 Å². The van der Waals surface area contributed by atoms with Gasteiger partial charge in [0.05, 0.1) is 0 Å². The number of amides is 1. The van der Waals surface area contributed by atoms with Gasteiger partial charge in [-0.15, -0.1) is 6.58 Å². The molecule has 1 aromatic rings. The Kier molecular flexibility index (Phi) is 7.37. The van der Waals surface area contributed by atoms with Crippen molar-refractivity contribution in [3.05, 3.63) is 48.6 Å². The highest BCUT2D eigenvalue weighted by Crippen LogP contribution is 2.10. The van der Waals surface area contributed by atoms with Crippen molar-refractivity contribution in [3.8, 4) is 0 Å². The van der Waals surface area contributed by atoms with Crippen molar-refractivity contribution >= 4 is 11.9 Å². The lowest BCUT2D eigenvalue weighted by molar-refractivity contribution is -0.150. The summed E-state index contributed by atoms with van der Waals surface area (Å²) in [6, 6.07) is 8.83. The number of hydrogen-bond acceptors (Lipinski definition) is 3. The van der Waals surface area contributed by atoms with E-state index in [1.807, 2.05) is 51.1 Å². The molecular weight excluding hydrogens is 278 g/mol. The Morgan fingerprint density at radius 2 is 1.86 bits per heavy atom. The number of benzene rings is 1. The average Bonchev–Trinajstić information content (AvgIpc) is 2.51. The summed E-state index contributed by atoms with van der Waals surface area (Å²) in [5.74, 6) is -0.808. The maximum absolute atomic E-state index is 12.2. The van der Waals surface area contributed by atoms with Crippen LogP contribution < -0.4 is 5.32 Å². The fourth-order valence-electron chi connectivity index (χ4n) is 1.97. The molecule has 4 heteroatoms. The first kappa shape index (κ1) is 18.0. The van der Waals surface area contributed by atoms with Gasteiger partial charge in [0.1, 0.15) is 12.6 Å². The normalized spacial score (nSPS) is 13.3. The molecule has 0 heterocycles. The number of ether oxygens (including phenoxy) is 1.